The van der Waals surface area contributed by atoms with Crippen LogP contribution in [0, 0.1) is 0 Å². The molecule has 1 rings (SSSR count). The second-order valence-corrected chi connectivity index (χ2v) is 3.13. The number of alkyl halides is 4. The molecule has 7 heteroatoms. The summed E-state index contributed by atoms with van der Waals surface area (Å²) in [6.45, 7) is -0.189. The molecule has 0 saturated heterocycles. The minimum Gasteiger partial charge on any atom is -0.269 e. The first-order chi connectivity index (χ1) is 7.94. The molecule has 1 N–H and O–H groups in total. The van der Waals surface area contributed by atoms with Crippen molar-refractivity contribution in [3.05, 3.63) is 35.9 Å². The van der Waals surface area contributed by atoms with Gasteiger partial charge in [-0.2, -0.15) is 8.78 Å². The van der Waals surface area contributed by atoms with E-state index in [9.17, 15) is 22.4 Å². The monoisotopic (exact) mass is 251 g/mol. The summed E-state index contributed by atoms with van der Waals surface area (Å²) in [5.74, 6) is -6.92. The molecule has 0 aliphatic rings. The standard InChI is InChI=1S/C10H9F4NO2/c11-8(12)10(13,14)9(16)15-17-6-7-4-2-1-3-5-7/h1-5,8H,6H2,(H,15,16). The predicted molar refractivity (Wildman–Crippen MR) is 50.3 cm³/mol. The lowest BCUT2D eigenvalue weighted by atomic mass is 10.2. The van der Waals surface area contributed by atoms with Crippen LogP contribution in [0.5, 0.6) is 0 Å². The van der Waals surface area contributed by atoms with Gasteiger partial charge in [0.1, 0.15) is 0 Å². The van der Waals surface area contributed by atoms with E-state index in [1.807, 2.05) is 0 Å². The third kappa shape index (κ3) is 3.70. The highest BCUT2D eigenvalue weighted by molar-refractivity contribution is 5.82. The Hall–Kier alpha value is -1.63. The summed E-state index contributed by atoms with van der Waals surface area (Å²) in [6.07, 6.45) is -4.07. The third-order valence-electron chi connectivity index (χ3n) is 1.82. The van der Waals surface area contributed by atoms with Crippen molar-refractivity contribution in [2.24, 2.45) is 0 Å². The molecule has 0 unspecified atom stereocenters. The van der Waals surface area contributed by atoms with E-state index in [1.54, 1.807) is 30.3 Å². The van der Waals surface area contributed by atoms with Gasteiger partial charge in [0.15, 0.2) is 0 Å². The van der Waals surface area contributed by atoms with Gasteiger partial charge in [-0.3, -0.25) is 9.63 Å². The van der Waals surface area contributed by atoms with Gasteiger partial charge in [0.25, 0.3) is 0 Å². The summed E-state index contributed by atoms with van der Waals surface area (Å²) >= 11 is 0. The van der Waals surface area contributed by atoms with E-state index in [-0.39, 0.29) is 6.61 Å². The number of amides is 1. The van der Waals surface area contributed by atoms with E-state index in [2.05, 4.69) is 4.84 Å². The molecule has 0 spiro atoms. The smallest absolute Gasteiger partial charge is 0.269 e. The highest BCUT2D eigenvalue weighted by Crippen LogP contribution is 2.22. The molecule has 0 aliphatic carbocycles. The zero-order valence-electron chi connectivity index (χ0n) is 8.50. The molecule has 0 atom stereocenters. The Kier molecular flexibility index (Phi) is 4.45. The quantitative estimate of drug-likeness (QED) is 0.643. The molecule has 0 saturated carbocycles. The maximum absolute atomic E-state index is 12.4. The second kappa shape index (κ2) is 5.62. The summed E-state index contributed by atoms with van der Waals surface area (Å²) in [5.41, 5.74) is 1.89. The van der Waals surface area contributed by atoms with E-state index in [0.717, 1.165) is 0 Å². The highest BCUT2D eigenvalue weighted by Gasteiger charge is 2.49. The van der Waals surface area contributed by atoms with Crippen LogP contribution in [0.15, 0.2) is 30.3 Å². The van der Waals surface area contributed by atoms with Crippen LogP contribution in [0.25, 0.3) is 0 Å². The first kappa shape index (κ1) is 13.4. The topological polar surface area (TPSA) is 38.3 Å². The number of halogens is 4. The average Bonchev–Trinajstić information content (AvgIpc) is 2.30. The average molecular weight is 251 g/mol. The molecule has 0 aromatic heterocycles. The SMILES string of the molecule is O=C(NOCc1ccccc1)C(F)(F)C(F)F. The van der Waals surface area contributed by atoms with Crippen molar-refractivity contribution in [2.75, 3.05) is 0 Å². The third-order valence-corrected chi connectivity index (χ3v) is 1.82. The van der Waals surface area contributed by atoms with Crippen LogP contribution in [0.3, 0.4) is 0 Å². The molecule has 1 aromatic rings. The lowest BCUT2D eigenvalue weighted by Gasteiger charge is -2.14. The van der Waals surface area contributed by atoms with Crippen LogP contribution < -0.4 is 5.48 Å². The number of hydrogen-bond donors (Lipinski definition) is 1. The molecule has 0 aliphatic heterocycles. The van der Waals surface area contributed by atoms with Crippen molar-refractivity contribution in [3.63, 3.8) is 0 Å². The Morgan fingerprint density at radius 3 is 2.41 bits per heavy atom. The number of nitrogens with one attached hydrogen (secondary N) is 1. The Bertz CT molecular complexity index is 370. The number of hydroxylamine groups is 1. The molecule has 17 heavy (non-hydrogen) atoms. The minimum atomic E-state index is -4.75. The molecular weight excluding hydrogens is 242 g/mol. The molecule has 1 amide bonds. The zero-order chi connectivity index (χ0) is 12.9. The van der Waals surface area contributed by atoms with E-state index in [1.165, 1.54) is 5.48 Å². The van der Waals surface area contributed by atoms with E-state index < -0.39 is 18.3 Å². The molecule has 0 bridgehead atoms. The van der Waals surface area contributed by atoms with E-state index >= 15 is 0 Å². The number of carbonyl (C=O) groups is 1. The summed E-state index contributed by atoms with van der Waals surface area (Å²) < 4.78 is 48.3. The molecule has 0 heterocycles. The van der Waals surface area contributed by atoms with Gasteiger partial charge in [-0.1, -0.05) is 30.3 Å². The predicted octanol–water partition coefficient (Wildman–Crippen LogP) is 2.13. The fourth-order valence-corrected chi connectivity index (χ4v) is 0.926. The highest BCUT2D eigenvalue weighted by atomic mass is 19.3. The Morgan fingerprint density at radius 2 is 1.88 bits per heavy atom. The van der Waals surface area contributed by atoms with Crippen molar-refractivity contribution in [1.82, 2.24) is 5.48 Å². The summed E-state index contributed by atoms with van der Waals surface area (Å²) in [4.78, 5) is 15.0. The van der Waals surface area contributed by atoms with Crippen LogP contribution in [-0.2, 0) is 16.2 Å². The fourth-order valence-electron chi connectivity index (χ4n) is 0.926. The van der Waals surface area contributed by atoms with E-state index in [0.29, 0.717) is 5.56 Å². The lowest BCUT2D eigenvalue weighted by Crippen LogP contribution is -2.45. The molecule has 0 fully saturated rings. The van der Waals surface area contributed by atoms with Gasteiger partial charge in [-0.15, -0.1) is 0 Å². The Labute approximate surface area is 94.3 Å². The van der Waals surface area contributed by atoms with Crippen LogP contribution in [0.1, 0.15) is 5.56 Å². The Balaban J connectivity index is 2.40. The van der Waals surface area contributed by atoms with Gasteiger partial charge in [-0.25, -0.2) is 14.3 Å². The summed E-state index contributed by atoms with van der Waals surface area (Å²) in [7, 11) is 0. The number of benzene rings is 1. The van der Waals surface area contributed by atoms with Crippen molar-refractivity contribution < 1.29 is 27.2 Å². The minimum absolute atomic E-state index is 0.189. The Morgan fingerprint density at radius 1 is 1.29 bits per heavy atom. The van der Waals surface area contributed by atoms with Gasteiger partial charge >= 0.3 is 18.3 Å². The molecule has 3 nitrogen and oxygen atoms in total. The molecule has 94 valence electrons. The van der Waals surface area contributed by atoms with Gasteiger partial charge in [0.2, 0.25) is 0 Å². The van der Waals surface area contributed by atoms with Crippen molar-refractivity contribution in [1.29, 1.82) is 0 Å². The van der Waals surface area contributed by atoms with Gasteiger partial charge < -0.3 is 0 Å². The second-order valence-electron chi connectivity index (χ2n) is 3.13. The first-order valence-electron chi connectivity index (χ1n) is 4.56. The summed E-state index contributed by atoms with van der Waals surface area (Å²) in [6, 6.07) is 8.32. The summed E-state index contributed by atoms with van der Waals surface area (Å²) in [5, 5.41) is 0. The maximum atomic E-state index is 12.4. The first-order valence-corrected chi connectivity index (χ1v) is 4.56. The largest absolute Gasteiger partial charge is 0.385 e. The van der Waals surface area contributed by atoms with Crippen LogP contribution in [0.2, 0.25) is 0 Å². The van der Waals surface area contributed by atoms with Crippen LogP contribution in [-0.4, -0.2) is 18.3 Å². The zero-order valence-corrected chi connectivity index (χ0v) is 8.50. The van der Waals surface area contributed by atoms with Crippen LogP contribution >= 0.6 is 0 Å². The van der Waals surface area contributed by atoms with Gasteiger partial charge in [0, 0.05) is 0 Å². The normalized spacial score (nSPS) is 11.6. The molecular formula is C10H9F4NO2. The van der Waals surface area contributed by atoms with Crippen molar-refractivity contribution in [2.45, 2.75) is 19.0 Å². The van der Waals surface area contributed by atoms with Crippen LogP contribution in [0.4, 0.5) is 17.6 Å². The van der Waals surface area contributed by atoms with Crippen molar-refractivity contribution >= 4 is 5.91 Å². The van der Waals surface area contributed by atoms with Gasteiger partial charge in [0.05, 0.1) is 6.61 Å². The van der Waals surface area contributed by atoms with Gasteiger partial charge in [-0.05, 0) is 5.56 Å². The number of carbonyl (C=O) groups excluding carboxylic acids is 1. The maximum Gasteiger partial charge on any atom is 0.385 e. The van der Waals surface area contributed by atoms with Crippen molar-refractivity contribution in [3.8, 4) is 0 Å². The number of hydrogen-bond acceptors (Lipinski definition) is 2. The lowest BCUT2D eigenvalue weighted by molar-refractivity contribution is -0.182. The molecule has 1 aromatic carbocycles. The van der Waals surface area contributed by atoms with E-state index in [4.69, 9.17) is 0 Å². The number of rotatable bonds is 5. The fraction of sp³-hybridized carbons (Fsp3) is 0.300. The molecule has 0 radical (unpaired) electrons.